The molecule has 0 saturated heterocycles. The lowest BCUT2D eigenvalue weighted by atomic mass is 10.0. The predicted octanol–water partition coefficient (Wildman–Crippen LogP) is 5.75. The number of rotatable bonds is 14. The normalized spacial score (nSPS) is 11.7. The minimum Gasteiger partial charge on any atom is -0.349 e. The molecule has 3 aromatic rings. The Balaban J connectivity index is 1.71. The molecule has 0 fully saturated rings. The first-order chi connectivity index (χ1) is 18.4. The molecule has 0 aliphatic rings. The summed E-state index contributed by atoms with van der Waals surface area (Å²) in [6.45, 7) is 6.64. The average Bonchev–Trinajstić information content (AvgIpc) is 2.90. The molecular weight excluding hydrogens is 484 g/mol. The van der Waals surface area contributed by atoms with Gasteiger partial charge in [0.25, 0.3) is 11.8 Å². The van der Waals surface area contributed by atoms with Crippen molar-refractivity contribution in [2.24, 2.45) is 0 Å². The molecule has 2 amide bonds. The quantitative estimate of drug-likeness (QED) is 0.266. The van der Waals surface area contributed by atoms with Crippen LogP contribution in [0.3, 0.4) is 0 Å². The van der Waals surface area contributed by atoms with Crippen molar-refractivity contribution in [3.8, 4) is 0 Å². The van der Waals surface area contributed by atoms with Crippen LogP contribution in [0.2, 0.25) is 0 Å². The standard InChI is InChI=1S/C31H37F2N3O2/c1-3-15-36(16-4-2)31(38)26-12-8-11-25(20-26)30(37)35-29(19-24-17-27(32)21-28(33)18-24)13-14-34-22-23-9-6-5-7-10-23/h5-12,17-18,20-21,29,34H,3-4,13-16,19,22H2,1-2H3,(H,35,37). The first kappa shape index (κ1) is 29.0. The monoisotopic (exact) mass is 521 g/mol. The van der Waals surface area contributed by atoms with Gasteiger partial charge in [-0.2, -0.15) is 0 Å². The minimum absolute atomic E-state index is 0.0970. The maximum Gasteiger partial charge on any atom is 0.253 e. The summed E-state index contributed by atoms with van der Waals surface area (Å²) in [5.74, 6) is -1.73. The van der Waals surface area contributed by atoms with E-state index in [9.17, 15) is 18.4 Å². The van der Waals surface area contributed by atoms with Crippen molar-refractivity contribution in [2.45, 2.75) is 52.1 Å². The molecule has 0 aromatic heterocycles. The predicted molar refractivity (Wildman–Crippen MR) is 147 cm³/mol. The molecule has 0 saturated carbocycles. The lowest BCUT2D eigenvalue weighted by Crippen LogP contribution is -2.39. The second-order valence-electron chi connectivity index (χ2n) is 9.48. The van der Waals surface area contributed by atoms with Gasteiger partial charge in [0.15, 0.2) is 0 Å². The van der Waals surface area contributed by atoms with Crippen LogP contribution in [0, 0.1) is 11.6 Å². The molecular formula is C31H37F2N3O2. The zero-order valence-corrected chi connectivity index (χ0v) is 22.2. The van der Waals surface area contributed by atoms with Crippen LogP contribution in [0.4, 0.5) is 8.78 Å². The first-order valence-electron chi connectivity index (χ1n) is 13.3. The Morgan fingerprint density at radius 1 is 0.816 bits per heavy atom. The zero-order valence-electron chi connectivity index (χ0n) is 22.2. The van der Waals surface area contributed by atoms with Gasteiger partial charge in [0.2, 0.25) is 0 Å². The van der Waals surface area contributed by atoms with Crippen LogP contribution in [0.1, 0.15) is 65.0 Å². The fraction of sp³-hybridized carbons (Fsp3) is 0.355. The number of nitrogens with one attached hydrogen (secondary N) is 2. The van der Waals surface area contributed by atoms with E-state index in [0.717, 1.165) is 24.5 Å². The van der Waals surface area contributed by atoms with Crippen LogP contribution in [-0.2, 0) is 13.0 Å². The molecule has 3 aromatic carbocycles. The van der Waals surface area contributed by atoms with Gasteiger partial charge >= 0.3 is 0 Å². The molecule has 0 heterocycles. The Labute approximate surface area is 224 Å². The number of benzene rings is 3. The topological polar surface area (TPSA) is 61.4 Å². The van der Waals surface area contributed by atoms with Crippen molar-refractivity contribution in [3.63, 3.8) is 0 Å². The van der Waals surface area contributed by atoms with Gasteiger partial charge in [-0.15, -0.1) is 0 Å². The van der Waals surface area contributed by atoms with Crippen molar-refractivity contribution < 1.29 is 18.4 Å². The third-order valence-corrected chi connectivity index (χ3v) is 6.23. The van der Waals surface area contributed by atoms with E-state index in [1.807, 2.05) is 44.2 Å². The third-order valence-electron chi connectivity index (χ3n) is 6.23. The Morgan fingerprint density at radius 3 is 2.13 bits per heavy atom. The van der Waals surface area contributed by atoms with Gasteiger partial charge in [0.1, 0.15) is 11.6 Å². The molecule has 38 heavy (non-hydrogen) atoms. The fourth-order valence-electron chi connectivity index (χ4n) is 4.44. The molecule has 0 radical (unpaired) electrons. The number of carbonyl (C=O) groups excluding carboxylic acids is 2. The highest BCUT2D eigenvalue weighted by atomic mass is 19.1. The van der Waals surface area contributed by atoms with E-state index in [1.54, 1.807) is 29.2 Å². The third kappa shape index (κ3) is 9.06. The van der Waals surface area contributed by atoms with E-state index in [0.29, 0.717) is 49.3 Å². The lowest BCUT2D eigenvalue weighted by molar-refractivity contribution is 0.0755. The van der Waals surface area contributed by atoms with Crippen LogP contribution in [0.5, 0.6) is 0 Å². The second-order valence-corrected chi connectivity index (χ2v) is 9.48. The number of carbonyl (C=O) groups is 2. The summed E-state index contributed by atoms with van der Waals surface area (Å²) >= 11 is 0. The maximum absolute atomic E-state index is 13.8. The first-order valence-corrected chi connectivity index (χ1v) is 13.3. The molecule has 0 aliphatic carbocycles. The van der Waals surface area contributed by atoms with Gasteiger partial charge in [-0.3, -0.25) is 9.59 Å². The lowest BCUT2D eigenvalue weighted by Gasteiger charge is -2.22. The number of amides is 2. The maximum atomic E-state index is 13.8. The summed E-state index contributed by atoms with van der Waals surface area (Å²) in [5.41, 5.74) is 2.45. The van der Waals surface area contributed by atoms with Gasteiger partial charge in [0, 0.05) is 42.9 Å². The average molecular weight is 522 g/mol. The number of hydrogen-bond acceptors (Lipinski definition) is 3. The molecule has 3 rings (SSSR count). The molecule has 0 aliphatic heterocycles. The zero-order chi connectivity index (χ0) is 27.3. The molecule has 1 atom stereocenters. The summed E-state index contributed by atoms with van der Waals surface area (Å²) < 4.78 is 27.6. The minimum atomic E-state index is -0.651. The number of halogens is 2. The van der Waals surface area contributed by atoms with Gasteiger partial charge in [-0.1, -0.05) is 50.2 Å². The van der Waals surface area contributed by atoms with Crippen molar-refractivity contribution in [3.05, 3.63) is 107 Å². The van der Waals surface area contributed by atoms with E-state index in [1.165, 1.54) is 12.1 Å². The van der Waals surface area contributed by atoms with Gasteiger partial charge in [-0.05, 0) is 73.7 Å². The molecule has 7 heteroatoms. The summed E-state index contributed by atoms with van der Waals surface area (Å²) in [5, 5.41) is 6.38. The van der Waals surface area contributed by atoms with Crippen molar-refractivity contribution in [2.75, 3.05) is 19.6 Å². The molecule has 202 valence electrons. The van der Waals surface area contributed by atoms with Crippen LogP contribution >= 0.6 is 0 Å². The smallest absolute Gasteiger partial charge is 0.253 e. The summed E-state index contributed by atoms with van der Waals surface area (Å²) in [4.78, 5) is 28.1. The highest BCUT2D eigenvalue weighted by molar-refractivity contribution is 5.99. The largest absolute Gasteiger partial charge is 0.349 e. The van der Waals surface area contributed by atoms with Crippen LogP contribution in [0.15, 0.2) is 72.8 Å². The Bertz CT molecular complexity index is 1160. The Kier molecular flexibility index (Phi) is 11.4. The highest BCUT2D eigenvalue weighted by Crippen LogP contribution is 2.14. The van der Waals surface area contributed by atoms with Crippen LogP contribution in [0.25, 0.3) is 0 Å². The van der Waals surface area contributed by atoms with E-state index in [-0.39, 0.29) is 24.3 Å². The molecule has 0 spiro atoms. The van der Waals surface area contributed by atoms with Gasteiger partial charge in [-0.25, -0.2) is 8.78 Å². The van der Waals surface area contributed by atoms with E-state index < -0.39 is 11.6 Å². The van der Waals surface area contributed by atoms with Gasteiger partial charge in [0.05, 0.1) is 0 Å². The Morgan fingerprint density at radius 2 is 1.47 bits per heavy atom. The Hall–Kier alpha value is -3.58. The summed E-state index contributed by atoms with van der Waals surface area (Å²) in [6.07, 6.45) is 2.53. The van der Waals surface area contributed by atoms with E-state index >= 15 is 0 Å². The van der Waals surface area contributed by atoms with Crippen molar-refractivity contribution in [1.29, 1.82) is 0 Å². The summed E-state index contributed by atoms with van der Waals surface area (Å²) in [7, 11) is 0. The van der Waals surface area contributed by atoms with Crippen LogP contribution < -0.4 is 10.6 Å². The molecule has 0 bridgehead atoms. The summed E-state index contributed by atoms with van der Waals surface area (Å²) in [6, 6.07) is 19.7. The number of hydrogen-bond donors (Lipinski definition) is 2. The second kappa shape index (κ2) is 15.0. The molecule has 5 nitrogen and oxygen atoms in total. The SMILES string of the molecule is CCCN(CCC)C(=O)c1cccc(C(=O)NC(CCNCc2ccccc2)Cc2cc(F)cc(F)c2)c1. The fourth-order valence-corrected chi connectivity index (χ4v) is 4.44. The molecule has 1 unspecified atom stereocenters. The highest BCUT2D eigenvalue weighted by Gasteiger charge is 2.19. The number of nitrogens with zero attached hydrogens (tertiary/aromatic N) is 1. The van der Waals surface area contributed by atoms with Crippen LogP contribution in [-0.4, -0.2) is 42.4 Å². The van der Waals surface area contributed by atoms with E-state index in [2.05, 4.69) is 10.6 Å². The van der Waals surface area contributed by atoms with Crippen molar-refractivity contribution in [1.82, 2.24) is 15.5 Å². The van der Waals surface area contributed by atoms with Gasteiger partial charge < -0.3 is 15.5 Å². The van der Waals surface area contributed by atoms with E-state index in [4.69, 9.17) is 0 Å². The van der Waals surface area contributed by atoms with Crippen molar-refractivity contribution >= 4 is 11.8 Å². The molecule has 2 N–H and O–H groups in total.